The van der Waals surface area contributed by atoms with Gasteiger partial charge in [0.1, 0.15) is 11.7 Å². The van der Waals surface area contributed by atoms with Gasteiger partial charge in [0.25, 0.3) is 0 Å². The molecule has 1 amide bonds. The number of rotatable bonds is 6. The molecule has 0 aliphatic rings. The third-order valence-corrected chi connectivity index (χ3v) is 2.50. The van der Waals surface area contributed by atoms with Crippen molar-refractivity contribution in [1.82, 2.24) is 5.32 Å². The van der Waals surface area contributed by atoms with E-state index >= 15 is 0 Å². The number of aliphatic hydroxyl groups is 1. The summed E-state index contributed by atoms with van der Waals surface area (Å²) in [6, 6.07) is 9.40. The van der Waals surface area contributed by atoms with Crippen LogP contribution in [0.5, 0.6) is 0 Å². The zero-order valence-electron chi connectivity index (χ0n) is 9.85. The average Bonchev–Trinajstić information content (AvgIpc) is 2.34. The van der Waals surface area contributed by atoms with Crippen molar-refractivity contribution >= 4 is 11.7 Å². The molecule has 4 nitrogen and oxygen atoms in total. The largest absolute Gasteiger partial charge is 0.395 e. The van der Waals surface area contributed by atoms with Gasteiger partial charge >= 0.3 is 0 Å². The quantitative estimate of drug-likeness (QED) is 0.707. The number of amides is 1. The van der Waals surface area contributed by atoms with Gasteiger partial charge in [-0.2, -0.15) is 0 Å². The fraction of sp³-hybridized carbons (Fsp3) is 0.385. The lowest BCUT2D eigenvalue weighted by Crippen LogP contribution is -2.37. The highest BCUT2D eigenvalue weighted by molar-refractivity contribution is 6.00. The van der Waals surface area contributed by atoms with Crippen molar-refractivity contribution in [2.45, 2.75) is 13.3 Å². The maximum Gasteiger partial charge on any atom is 0.230 e. The van der Waals surface area contributed by atoms with Crippen LogP contribution in [0.25, 0.3) is 0 Å². The van der Waals surface area contributed by atoms with Crippen molar-refractivity contribution in [3.8, 4) is 0 Å². The number of carbonyl (C=O) groups excluding carboxylic acids is 2. The Morgan fingerprint density at radius 2 is 1.94 bits per heavy atom. The smallest absolute Gasteiger partial charge is 0.230 e. The van der Waals surface area contributed by atoms with Crippen molar-refractivity contribution in [2.24, 2.45) is 5.92 Å². The number of hydrogen-bond acceptors (Lipinski definition) is 3. The molecule has 92 valence electrons. The van der Waals surface area contributed by atoms with Gasteiger partial charge in [0.05, 0.1) is 6.61 Å². The summed E-state index contributed by atoms with van der Waals surface area (Å²) in [7, 11) is 0. The Morgan fingerprint density at radius 3 is 2.47 bits per heavy atom. The fourth-order valence-electron chi connectivity index (χ4n) is 1.57. The van der Waals surface area contributed by atoms with E-state index in [0.29, 0.717) is 6.42 Å². The molecule has 0 saturated carbocycles. The fourth-order valence-corrected chi connectivity index (χ4v) is 1.57. The standard InChI is InChI=1S/C13H17NO3/c1-10(16)12(13(17)14-7-8-15)9-11-5-3-2-4-6-11/h2-6,12,15H,7-9H2,1H3,(H,14,17). The summed E-state index contributed by atoms with van der Waals surface area (Å²) < 4.78 is 0. The van der Waals surface area contributed by atoms with Crippen LogP contribution in [0.4, 0.5) is 0 Å². The molecule has 0 heterocycles. The van der Waals surface area contributed by atoms with Crippen LogP contribution >= 0.6 is 0 Å². The zero-order chi connectivity index (χ0) is 12.7. The second-order valence-corrected chi connectivity index (χ2v) is 3.87. The number of benzene rings is 1. The van der Waals surface area contributed by atoms with Crippen molar-refractivity contribution in [3.05, 3.63) is 35.9 Å². The van der Waals surface area contributed by atoms with Gasteiger partial charge in [-0.3, -0.25) is 9.59 Å². The molecule has 2 N–H and O–H groups in total. The first kappa shape index (κ1) is 13.4. The van der Waals surface area contributed by atoms with Crippen LogP contribution in [0.2, 0.25) is 0 Å². The highest BCUT2D eigenvalue weighted by atomic mass is 16.3. The molecule has 0 fully saturated rings. The molecule has 1 atom stereocenters. The first-order valence-corrected chi connectivity index (χ1v) is 5.58. The lowest BCUT2D eigenvalue weighted by Gasteiger charge is -2.13. The minimum Gasteiger partial charge on any atom is -0.395 e. The third-order valence-electron chi connectivity index (χ3n) is 2.50. The molecule has 1 rings (SSSR count). The molecule has 4 heteroatoms. The maximum absolute atomic E-state index is 11.7. The lowest BCUT2D eigenvalue weighted by atomic mass is 9.95. The molecule has 0 radical (unpaired) electrons. The van der Waals surface area contributed by atoms with E-state index in [2.05, 4.69) is 5.32 Å². The first-order chi connectivity index (χ1) is 8.15. The predicted octanol–water partition coefficient (Wildman–Crippen LogP) is 0.543. The number of carbonyl (C=O) groups is 2. The summed E-state index contributed by atoms with van der Waals surface area (Å²) in [5.41, 5.74) is 0.951. The Hall–Kier alpha value is -1.68. The predicted molar refractivity (Wildman–Crippen MR) is 64.4 cm³/mol. The maximum atomic E-state index is 11.7. The van der Waals surface area contributed by atoms with E-state index in [1.165, 1.54) is 6.92 Å². The van der Waals surface area contributed by atoms with Gasteiger partial charge in [-0.1, -0.05) is 30.3 Å². The molecule has 0 aliphatic heterocycles. The molecular formula is C13H17NO3. The summed E-state index contributed by atoms with van der Waals surface area (Å²) in [5, 5.41) is 11.1. The van der Waals surface area contributed by atoms with Gasteiger partial charge in [0, 0.05) is 6.54 Å². The summed E-state index contributed by atoms with van der Waals surface area (Å²) in [5.74, 6) is -1.16. The number of nitrogens with one attached hydrogen (secondary N) is 1. The zero-order valence-corrected chi connectivity index (χ0v) is 9.85. The van der Waals surface area contributed by atoms with Gasteiger partial charge in [-0.25, -0.2) is 0 Å². The number of aliphatic hydroxyl groups excluding tert-OH is 1. The summed E-state index contributed by atoms with van der Waals surface area (Å²) >= 11 is 0. The molecule has 1 aromatic rings. The molecule has 0 bridgehead atoms. The van der Waals surface area contributed by atoms with Gasteiger partial charge < -0.3 is 10.4 Å². The molecule has 17 heavy (non-hydrogen) atoms. The lowest BCUT2D eigenvalue weighted by molar-refractivity contribution is -0.133. The minimum absolute atomic E-state index is 0.123. The minimum atomic E-state index is -0.677. The Morgan fingerprint density at radius 1 is 1.29 bits per heavy atom. The van der Waals surface area contributed by atoms with E-state index in [1.807, 2.05) is 30.3 Å². The molecular weight excluding hydrogens is 218 g/mol. The van der Waals surface area contributed by atoms with Gasteiger partial charge in [0.2, 0.25) is 5.91 Å². The summed E-state index contributed by atoms with van der Waals surface area (Å²) in [6.45, 7) is 1.46. The van der Waals surface area contributed by atoms with Gasteiger partial charge in [0.15, 0.2) is 0 Å². The van der Waals surface area contributed by atoms with E-state index < -0.39 is 5.92 Å². The number of ketones is 1. The van der Waals surface area contributed by atoms with Gasteiger partial charge in [-0.05, 0) is 18.9 Å². The summed E-state index contributed by atoms with van der Waals surface area (Å²) in [6.07, 6.45) is 0.396. The van der Waals surface area contributed by atoms with Crippen LogP contribution in [0, 0.1) is 5.92 Å². The Balaban J connectivity index is 2.67. The Bertz CT molecular complexity index is 376. The molecule has 0 saturated heterocycles. The first-order valence-electron chi connectivity index (χ1n) is 5.58. The number of hydrogen-bond donors (Lipinski definition) is 2. The second-order valence-electron chi connectivity index (χ2n) is 3.87. The van der Waals surface area contributed by atoms with Crippen LogP contribution in [0.15, 0.2) is 30.3 Å². The Labute approximate surface area is 101 Å². The topological polar surface area (TPSA) is 66.4 Å². The Kier molecular flexibility index (Phi) is 5.36. The van der Waals surface area contributed by atoms with Crippen LogP contribution in [0.3, 0.4) is 0 Å². The van der Waals surface area contributed by atoms with Gasteiger partial charge in [-0.15, -0.1) is 0 Å². The normalized spacial score (nSPS) is 11.9. The second kappa shape index (κ2) is 6.81. The highest BCUT2D eigenvalue weighted by Gasteiger charge is 2.22. The van der Waals surface area contributed by atoms with Crippen LogP contribution in [-0.4, -0.2) is 29.9 Å². The average molecular weight is 235 g/mol. The van der Waals surface area contributed by atoms with Crippen molar-refractivity contribution < 1.29 is 14.7 Å². The van der Waals surface area contributed by atoms with E-state index in [9.17, 15) is 9.59 Å². The highest BCUT2D eigenvalue weighted by Crippen LogP contribution is 2.10. The van der Waals surface area contributed by atoms with E-state index in [0.717, 1.165) is 5.56 Å². The summed E-state index contributed by atoms with van der Waals surface area (Å²) in [4.78, 5) is 23.1. The van der Waals surface area contributed by atoms with E-state index in [-0.39, 0.29) is 24.8 Å². The van der Waals surface area contributed by atoms with Crippen molar-refractivity contribution in [1.29, 1.82) is 0 Å². The molecule has 0 spiro atoms. The van der Waals surface area contributed by atoms with E-state index in [4.69, 9.17) is 5.11 Å². The molecule has 0 aromatic heterocycles. The van der Waals surface area contributed by atoms with Crippen molar-refractivity contribution in [3.63, 3.8) is 0 Å². The molecule has 1 unspecified atom stereocenters. The molecule has 1 aromatic carbocycles. The SMILES string of the molecule is CC(=O)C(Cc1ccccc1)C(=O)NCCO. The van der Waals surface area contributed by atoms with Crippen molar-refractivity contribution in [2.75, 3.05) is 13.2 Å². The third kappa shape index (κ3) is 4.36. The number of Topliss-reactive ketones (excluding diaryl/α,β-unsaturated/α-hetero) is 1. The van der Waals surface area contributed by atoms with Crippen LogP contribution in [0.1, 0.15) is 12.5 Å². The molecule has 0 aliphatic carbocycles. The monoisotopic (exact) mass is 235 g/mol. The van der Waals surface area contributed by atoms with Crippen LogP contribution < -0.4 is 5.32 Å². The van der Waals surface area contributed by atoms with E-state index in [1.54, 1.807) is 0 Å². The van der Waals surface area contributed by atoms with Crippen LogP contribution in [-0.2, 0) is 16.0 Å².